The second-order valence-electron chi connectivity index (χ2n) is 7.25. The van der Waals surface area contributed by atoms with Crippen molar-refractivity contribution in [3.05, 3.63) is 95.1 Å². The molecule has 0 saturated heterocycles. The van der Waals surface area contributed by atoms with E-state index in [4.69, 9.17) is 4.74 Å². The average molecular weight is 458 g/mol. The number of halogens is 2. The summed E-state index contributed by atoms with van der Waals surface area (Å²) in [7, 11) is -4.32. The Bertz CT molecular complexity index is 1250. The van der Waals surface area contributed by atoms with Crippen molar-refractivity contribution in [2.24, 2.45) is 0 Å². The molecule has 0 spiro atoms. The predicted molar refractivity (Wildman–Crippen MR) is 114 cm³/mol. The number of hydrogen-bond acceptors (Lipinski definition) is 4. The van der Waals surface area contributed by atoms with Crippen molar-refractivity contribution < 1.29 is 26.7 Å². The molecule has 32 heavy (non-hydrogen) atoms. The molecular formula is C23H20F2N2O4S. The maximum atomic E-state index is 14.2. The van der Waals surface area contributed by atoms with Gasteiger partial charge < -0.3 is 10.1 Å². The molecule has 0 aliphatic carbocycles. The third-order valence-electron chi connectivity index (χ3n) is 5.07. The van der Waals surface area contributed by atoms with Gasteiger partial charge in [-0.15, -0.1) is 0 Å². The normalized spacial score (nSPS) is 14.2. The van der Waals surface area contributed by atoms with Crippen molar-refractivity contribution in [1.29, 1.82) is 0 Å². The van der Waals surface area contributed by atoms with Crippen molar-refractivity contribution in [1.82, 2.24) is 9.62 Å². The van der Waals surface area contributed by atoms with E-state index in [2.05, 4.69) is 5.32 Å². The van der Waals surface area contributed by atoms with Gasteiger partial charge in [-0.1, -0.05) is 30.3 Å². The minimum Gasteiger partial charge on any atom is -0.492 e. The highest BCUT2D eigenvalue weighted by Gasteiger charge is 2.30. The second-order valence-corrected chi connectivity index (χ2v) is 9.16. The molecule has 1 aliphatic rings. The third kappa shape index (κ3) is 4.63. The van der Waals surface area contributed by atoms with Crippen molar-refractivity contribution in [3.63, 3.8) is 0 Å². The Balaban J connectivity index is 1.57. The maximum Gasteiger partial charge on any atom is 0.251 e. The van der Waals surface area contributed by atoms with Gasteiger partial charge in [0.25, 0.3) is 5.91 Å². The molecule has 3 aromatic carbocycles. The van der Waals surface area contributed by atoms with Crippen molar-refractivity contribution >= 4 is 15.9 Å². The number of rotatable bonds is 5. The Morgan fingerprint density at radius 3 is 2.59 bits per heavy atom. The van der Waals surface area contributed by atoms with E-state index in [0.717, 1.165) is 22.0 Å². The molecular weight excluding hydrogens is 438 g/mol. The van der Waals surface area contributed by atoms with Gasteiger partial charge in [0.2, 0.25) is 10.0 Å². The fraction of sp³-hybridized carbons (Fsp3) is 0.174. The van der Waals surface area contributed by atoms with Crippen LogP contribution in [0.3, 0.4) is 0 Å². The van der Waals surface area contributed by atoms with Crippen molar-refractivity contribution in [3.8, 4) is 5.75 Å². The van der Waals surface area contributed by atoms with E-state index in [0.29, 0.717) is 29.5 Å². The summed E-state index contributed by atoms with van der Waals surface area (Å²) in [4.78, 5) is 11.9. The number of carbonyl (C=O) groups is 1. The lowest BCUT2D eigenvalue weighted by Crippen LogP contribution is -2.33. The minimum absolute atomic E-state index is 0.0305. The molecule has 0 saturated carbocycles. The summed E-state index contributed by atoms with van der Waals surface area (Å²) in [5.41, 5.74) is 1.73. The second kappa shape index (κ2) is 9.05. The molecule has 0 radical (unpaired) electrons. The molecule has 0 fully saturated rings. The van der Waals surface area contributed by atoms with Crippen LogP contribution in [-0.4, -0.2) is 31.8 Å². The largest absolute Gasteiger partial charge is 0.492 e. The van der Waals surface area contributed by atoms with Gasteiger partial charge in [-0.05, 0) is 42.0 Å². The fourth-order valence-electron chi connectivity index (χ4n) is 3.41. The molecule has 3 aromatic rings. The summed E-state index contributed by atoms with van der Waals surface area (Å²) in [5, 5.41) is 2.82. The Morgan fingerprint density at radius 2 is 1.81 bits per heavy atom. The fourth-order valence-corrected chi connectivity index (χ4v) is 4.89. The van der Waals surface area contributed by atoms with Gasteiger partial charge in [0.1, 0.15) is 28.9 Å². The van der Waals surface area contributed by atoms with Gasteiger partial charge in [-0.3, -0.25) is 4.79 Å². The number of nitrogens with one attached hydrogen (secondary N) is 1. The van der Waals surface area contributed by atoms with E-state index < -0.39 is 26.6 Å². The quantitative estimate of drug-likeness (QED) is 0.635. The van der Waals surface area contributed by atoms with Crippen molar-refractivity contribution in [2.45, 2.75) is 18.0 Å². The van der Waals surface area contributed by atoms with Gasteiger partial charge in [-0.2, -0.15) is 4.31 Å². The molecule has 9 heteroatoms. The SMILES string of the molecule is O=C(NCc1ccccc1)c1ccc2c(c1)CN(S(=O)(=O)c1cc(F)ccc1F)CCO2. The summed E-state index contributed by atoms with van der Waals surface area (Å²) in [6, 6.07) is 16.4. The van der Waals surface area contributed by atoms with Crippen LogP contribution in [0, 0.1) is 11.6 Å². The smallest absolute Gasteiger partial charge is 0.251 e. The van der Waals surface area contributed by atoms with Crippen LogP contribution in [0.15, 0.2) is 71.6 Å². The molecule has 0 atom stereocenters. The topological polar surface area (TPSA) is 75.7 Å². The molecule has 0 bridgehead atoms. The number of hydrogen-bond donors (Lipinski definition) is 1. The van der Waals surface area contributed by atoms with E-state index >= 15 is 0 Å². The predicted octanol–water partition coefficient (Wildman–Crippen LogP) is 3.48. The summed E-state index contributed by atoms with van der Waals surface area (Å²) >= 11 is 0. The first-order valence-electron chi connectivity index (χ1n) is 9.87. The highest BCUT2D eigenvalue weighted by Crippen LogP contribution is 2.29. The monoisotopic (exact) mass is 458 g/mol. The van der Waals surface area contributed by atoms with Crippen LogP contribution >= 0.6 is 0 Å². The van der Waals surface area contributed by atoms with Crippen LogP contribution in [0.1, 0.15) is 21.5 Å². The highest BCUT2D eigenvalue weighted by atomic mass is 32.2. The molecule has 0 unspecified atom stereocenters. The van der Waals surface area contributed by atoms with E-state index in [1.807, 2.05) is 30.3 Å². The van der Waals surface area contributed by atoms with E-state index in [-0.39, 0.29) is 25.6 Å². The number of fused-ring (bicyclic) bond motifs is 1. The van der Waals surface area contributed by atoms with Crippen molar-refractivity contribution in [2.75, 3.05) is 13.2 Å². The summed E-state index contributed by atoms with van der Waals surface area (Å²) < 4.78 is 60.3. The molecule has 1 amide bonds. The Hall–Kier alpha value is -3.30. The number of sulfonamides is 1. The summed E-state index contributed by atoms with van der Waals surface area (Å²) in [5.74, 6) is -1.78. The molecule has 0 aromatic heterocycles. The average Bonchev–Trinajstić information content (AvgIpc) is 3.02. The van der Waals surface area contributed by atoms with E-state index in [1.165, 1.54) is 0 Å². The number of nitrogens with zero attached hydrogens (tertiary/aromatic N) is 1. The van der Waals surface area contributed by atoms with Crippen LogP contribution in [0.4, 0.5) is 8.78 Å². The summed E-state index contributed by atoms with van der Waals surface area (Å²) in [6.07, 6.45) is 0. The zero-order valence-electron chi connectivity index (χ0n) is 16.9. The minimum atomic E-state index is -4.32. The van der Waals surface area contributed by atoms with E-state index in [9.17, 15) is 22.0 Å². The lowest BCUT2D eigenvalue weighted by atomic mass is 10.1. The van der Waals surface area contributed by atoms with Crippen LogP contribution in [-0.2, 0) is 23.1 Å². The maximum absolute atomic E-state index is 14.2. The zero-order valence-corrected chi connectivity index (χ0v) is 17.7. The molecule has 1 N–H and O–H groups in total. The highest BCUT2D eigenvalue weighted by molar-refractivity contribution is 7.89. The lowest BCUT2D eigenvalue weighted by molar-refractivity contribution is 0.0950. The number of amides is 1. The van der Waals surface area contributed by atoms with E-state index in [1.54, 1.807) is 18.2 Å². The summed E-state index contributed by atoms with van der Waals surface area (Å²) in [6.45, 7) is 0.172. The number of carbonyl (C=O) groups excluding carboxylic acids is 1. The van der Waals surface area contributed by atoms with Gasteiger partial charge in [0, 0.05) is 30.8 Å². The van der Waals surface area contributed by atoms with Crippen LogP contribution in [0.25, 0.3) is 0 Å². The first kappa shape index (κ1) is 21.9. The third-order valence-corrected chi connectivity index (χ3v) is 6.93. The Morgan fingerprint density at radius 1 is 1.03 bits per heavy atom. The first-order chi connectivity index (χ1) is 15.3. The standard InChI is InChI=1S/C23H20F2N2O4S/c24-19-7-8-20(25)22(13-19)32(29,30)27-10-11-31-21-9-6-17(12-18(21)15-27)23(28)26-14-16-4-2-1-3-5-16/h1-9,12-13H,10-11,14-15H2,(H,26,28). The lowest BCUT2D eigenvalue weighted by Gasteiger charge is -2.20. The molecule has 166 valence electrons. The first-order valence-corrected chi connectivity index (χ1v) is 11.3. The van der Waals surface area contributed by atoms with Gasteiger partial charge in [-0.25, -0.2) is 17.2 Å². The molecule has 1 heterocycles. The number of ether oxygens (including phenoxy) is 1. The van der Waals surface area contributed by atoms with Gasteiger partial charge >= 0.3 is 0 Å². The molecule has 6 nitrogen and oxygen atoms in total. The number of benzene rings is 3. The van der Waals surface area contributed by atoms with Crippen LogP contribution < -0.4 is 10.1 Å². The van der Waals surface area contributed by atoms with Gasteiger partial charge in [0.05, 0.1) is 0 Å². The zero-order chi connectivity index (χ0) is 22.7. The Labute approximate surface area is 184 Å². The Kier molecular flexibility index (Phi) is 6.20. The van der Waals surface area contributed by atoms with Gasteiger partial charge in [0.15, 0.2) is 0 Å². The molecule has 1 aliphatic heterocycles. The van der Waals surface area contributed by atoms with Crippen LogP contribution in [0.2, 0.25) is 0 Å². The van der Waals surface area contributed by atoms with Crippen LogP contribution in [0.5, 0.6) is 5.75 Å². The molecule has 4 rings (SSSR count).